The molecule has 0 radical (unpaired) electrons. The molecule has 1 saturated heterocycles. The number of aryl methyl sites for hydroxylation is 1. The van der Waals surface area contributed by atoms with Crippen LogP contribution in [0.5, 0.6) is 11.6 Å². The molecule has 1 fully saturated rings. The van der Waals surface area contributed by atoms with E-state index in [1.807, 2.05) is 19.1 Å². The SMILES string of the molecule is COc1cccc([C@H](c2sc3nc(C)nn3c2O)[NH+]2CC[NH+](C)CC2)c1. The van der Waals surface area contributed by atoms with Crippen molar-refractivity contribution in [3.8, 4) is 11.6 Å². The fraction of sp³-hybridized carbons (Fsp3) is 0.444. The Labute approximate surface area is 156 Å². The summed E-state index contributed by atoms with van der Waals surface area (Å²) in [6.45, 7) is 6.19. The Kier molecular flexibility index (Phi) is 4.56. The van der Waals surface area contributed by atoms with Gasteiger partial charge in [-0.25, -0.2) is 4.98 Å². The predicted octanol–water partition coefficient (Wildman–Crippen LogP) is -0.684. The van der Waals surface area contributed by atoms with Crippen LogP contribution < -0.4 is 14.5 Å². The number of nitrogens with zero attached hydrogens (tertiary/aromatic N) is 3. The van der Waals surface area contributed by atoms with Crippen molar-refractivity contribution in [2.45, 2.75) is 13.0 Å². The quantitative estimate of drug-likeness (QED) is 0.565. The van der Waals surface area contributed by atoms with E-state index in [9.17, 15) is 5.11 Å². The molecule has 0 saturated carbocycles. The highest BCUT2D eigenvalue weighted by atomic mass is 32.1. The number of thiazole rings is 1. The van der Waals surface area contributed by atoms with E-state index in [1.165, 1.54) is 16.2 Å². The third-order valence-corrected chi connectivity index (χ3v) is 6.23. The maximum absolute atomic E-state index is 10.9. The molecule has 0 spiro atoms. The molecule has 7 nitrogen and oxygen atoms in total. The molecule has 0 amide bonds. The van der Waals surface area contributed by atoms with Gasteiger partial charge in [0.25, 0.3) is 0 Å². The first-order chi connectivity index (χ1) is 12.6. The Hall–Kier alpha value is -2.16. The zero-order valence-corrected chi connectivity index (χ0v) is 16.1. The second kappa shape index (κ2) is 6.86. The summed E-state index contributed by atoms with van der Waals surface area (Å²) in [6, 6.07) is 8.21. The molecule has 1 aromatic carbocycles. The van der Waals surface area contributed by atoms with Gasteiger partial charge in [-0.15, -0.1) is 5.10 Å². The lowest BCUT2D eigenvalue weighted by atomic mass is 10.0. The molecule has 8 heteroatoms. The van der Waals surface area contributed by atoms with Gasteiger partial charge in [-0.05, 0) is 19.1 Å². The number of quaternary nitrogens is 2. The van der Waals surface area contributed by atoms with Gasteiger partial charge in [-0.2, -0.15) is 4.52 Å². The Morgan fingerprint density at radius 3 is 2.73 bits per heavy atom. The summed E-state index contributed by atoms with van der Waals surface area (Å²) in [6.07, 6.45) is 0. The van der Waals surface area contributed by atoms with E-state index in [1.54, 1.807) is 16.5 Å². The minimum atomic E-state index is 0.0482. The Balaban J connectivity index is 1.80. The first kappa shape index (κ1) is 17.3. The van der Waals surface area contributed by atoms with Gasteiger partial charge >= 0.3 is 0 Å². The van der Waals surface area contributed by atoms with E-state index in [4.69, 9.17) is 4.74 Å². The molecular formula is C18H25N5O2S+2. The summed E-state index contributed by atoms with van der Waals surface area (Å²) < 4.78 is 6.99. The number of methoxy groups -OCH3 is 1. The van der Waals surface area contributed by atoms with Gasteiger partial charge in [-0.3, -0.25) is 0 Å². The largest absolute Gasteiger partial charge is 0.497 e. The highest BCUT2D eigenvalue weighted by Gasteiger charge is 2.35. The van der Waals surface area contributed by atoms with Gasteiger partial charge < -0.3 is 19.6 Å². The van der Waals surface area contributed by atoms with E-state index in [-0.39, 0.29) is 11.9 Å². The highest BCUT2D eigenvalue weighted by Crippen LogP contribution is 2.35. The van der Waals surface area contributed by atoms with E-state index in [0.29, 0.717) is 5.82 Å². The number of ether oxygens (including phenoxy) is 1. The van der Waals surface area contributed by atoms with Crippen LogP contribution in [-0.4, -0.2) is 60.0 Å². The van der Waals surface area contributed by atoms with Crippen LogP contribution >= 0.6 is 11.3 Å². The highest BCUT2D eigenvalue weighted by molar-refractivity contribution is 7.17. The number of aromatic nitrogens is 3. The third-order valence-electron chi connectivity index (χ3n) is 5.15. The smallest absolute Gasteiger partial charge is 0.235 e. The van der Waals surface area contributed by atoms with Crippen LogP contribution in [0, 0.1) is 6.92 Å². The molecule has 3 aromatic rings. The molecule has 138 valence electrons. The third kappa shape index (κ3) is 3.04. The van der Waals surface area contributed by atoms with Crippen LogP contribution in [0.2, 0.25) is 0 Å². The maximum atomic E-state index is 10.9. The summed E-state index contributed by atoms with van der Waals surface area (Å²) in [5.74, 6) is 1.71. The maximum Gasteiger partial charge on any atom is 0.235 e. The zero-order valence-electron chi connectivity index (χ0n) is 15.3. The number of rotatable bonds is 4. The average Bonchev–Trinajstić information content (AvgIpc) is 3.15. The van der Waals surface area contributed by atoms with Crippen LogP contribution in [0.25, 0.3) is 4.96 Å². The molecule has 0 aliphatic carbocycles. The number of benzene rings is 1. The van der Waals surface area contributed by atoms with Crippen LogP contribution in [0.15, 0.2) is 24.3 Å². The number of piperazine rings is 1. The van der Waals surface area contributed by atoms with Gasteiger partial charge in [0.1, 0.15) is 42.6 Å². The van der Waals surface area contributed by atoms with Crippen LogP contribution in [-0.2, 0) is 0 Å². The lowest BCUT2D eigenvalue weighted by molar-refractivity contribution is -1.02. The van der Waals surface area contributed by atoms with Crippen molar-refractivity contribution in [2.75, 3.05) is 40.3 Å². The molecule has 0 unspecified atom stereocenters. The molecule has 3 N–H and O–H groups in total. The molecule has 4 rings (SSSR count). The number of hydrogen-bond acceptors (Lipinski definition) is 5. The summed E-state index contributed by atoms with van der Waals surface area (Å²) in [5.41, 5.74) is 1.15. The van der Waals surface area contributed by atoms with Crippen molar-refractivity contribution in [2.24, 2.45) is 0 Å². The molecule has 1 atom stereocenters. The van der Waals surface area contributed by atoms with Crippen molar-refractivity contribution < 1.29 is 19.6 Å². The minimum Gasteiger partial charge on any atom is -0.497 e. The Bertz CT molecular complexity index is 914. The first-order valence-electron chi connectivity index (χ1n) is 8.91. The number of hydrogen-bond donors (Lipinski definition) is 3. The summed E-state index contributed by atoms with van der Waals surface area (Å²) in [7, 11) is 3.92. The van der Waals surface area contributed by atoms with E-state index >= 15 is 0 Å². The van der Waals surface area contributed by atoms with Crippen LogP contribution in [0.4, 0.5) is 0 Å². The number of fused-ring (bicyclic) bond motifs is 1. The first-order valence-corrected chi connectivity index (χ1v) is 9.73. The molecular weight excluding hydrogens is 350 g/mol. The van der Waals surface area contributed by atoms with Crippen molar-refractivity contribution in [1.29, 1.82) is 0 Å². The molecule has 2 aromatic heterocycles. The number of aromatic hydroxyl groups is 1. The number of nitrogens with one attached hydrogen (secondary N) is 2. The van der Waals surface area contributed by atoms with Crippen LogP contribution in [0.3, 0.4) is 0 Å². The topological polar surface area (TPSA) is 68.5 Å². The van der Waals surface area contributed by atoms with Gasteiger partial charge in [0.05, 0.1) is 14.2 Å². The lowest BCUT2D eigenvalue weighted by Crippen LogP contribution is -3.27. The minimum absolute atomic E-state index is 0.0482. The Morgan fingerprint density at radius 2 is 2.04 bits per heavy atom. The van der Waals surface area contributed by atoms with Crippen molar-refractivity contribution in [1.82, 2.24) is 14.6 Å². The summed E-state index contributed by atoms with van der Waals surface area (Å²) >= 11 is 1.53. The number of likely N-dealkylation sites (N-methyl/N-ethyl adjacent to an activating group) is 1. The van der Waals surface area contributed by atoms with Gasteiger partial charge in [0.15, 0.2) is 6.04 Å². The van der Waals surface area contributed by atoms with E-state index in [0.717, 1.165) is 47.3 Å². The summed E-state index contributed by atoms with van der Waals surface area (Å²) in [5, 5.41) is 15.2. The summed E-state index contributed by atoms with van der Waals surface area (Å²) in [4.78, 5) is 9.11. The van der Waals surface area contributed by atoms with Crippen molar-refractivity contribution >= 4 is 16.3 Å². The van der Waals surface area contributed by atoms with Gasteiger partial charge in [-0.1, -0.05) is 23.5 Å². The Morgan fingerprint density at radius 1 is 1.27 bits per heavy atom. The fourth-order valence-corrected chi connectivity index (χ4v) is 4.90. The molecule has 0 bridgehead atoms. The molecule has 1 aliphatic heterocycles. The monoisotopic (exact) mass is 375 g/mol. The van der Waals surface area contributed by atoms with E-state index < -0.39 is 0 Å². The molecule has 3 heterocycles. The normalized spacial score (nSPS) is 21.8. The van der Waals surface area contributed by atoms with E-state index in [2.05, 4.69) is 29.3 Å². The van der Waals surface area contributed by atoms with Crippen molar-refractivity contribution in [3.05, 3.63) is 40.5 Å². The van der Waals surface area contributed by atoms with Gasteiger partial charge in [0.2, 0.25) is 10.8 Å². The average molecular weight is 375 g/mol. The fourth-order valence-electron chi connectivity index (χ4n) is 3.72. The second-order valence-corrected chi connectivity index (χ2v) is 7.98. The zero-order chi connectivity index (χ0) is 18.3. The predicted molar refractivity (Wildman–Crippen MR) is 99.4 cm³/mol. The molecule has 26 heavy (non-hydrogen) atoms. The van der Waals surface area contributed by atoms with Crippen molar-refractivity contribution in [3.63, 3.8) is 0 Å². The second-order valence-electron chi connectivity index (χ2n) is 6.97. The van der Waals surface area contributed by atoms with Gasteiger partial charge in [0, 0.05) is 5.56 Å². The standard InChI is InChI=1S/C18H23N5O2S/c1-12-19-18-23(20-12)17(24)16(26-18)15(22-9-7-21(2)8-10-22)13-5-4-6-14(11-13)25-3/h4-6,11,15,24H,7-10H2,1-3H3/p+2/t15-/m1/s1. The van der Waals surface area contributed by atoms with Crippen LogP contribution in [0.1, 0.15) is 22.3 Å². The lowest BCUT2D eigenvalue weighted by Gasteiger charge is -2.33. The molecule has 1 aliphatic rings.